The van der Waals surface area contributed by atoms with Crippen LogP contribution in [0, 0.1) is 17.8 Å². The summed E-state index contributed by atoms with van der Waals surface area (Å²) in [6.07, 6.45) is 10.3. The average Bonchev–Trinajstić information content (AvgIpc) is 2.79. The largest absolute Gasteiger partial charge is 0.311 e. The van der Waals surface area contributed by atoms with Crippen molar-refractivity contribution < 1.29 is 0 Å². The molecule has 4 saturated carbocycles. The first-order valence-corrected chi connectivity index (χ1v) is 8.52. The van der Waals surface area contributed by atoms with Crippen molar-refractivity contribution in [3.8, 4) is 0 Å². The zero-order valence-electron chi connectivity index (χ0n) is 11.0. The first-order valence-electron chi connectivity index (χ1n) is 7.57. The molecule has 18 heavy (non-hydrogen) atoms. The molecule has 0 aliphatic heterocycles. The highest BCUT2D eigenvalue weighted by Gasteiger charge is 2.50. The van der Waals surface area contributed by atoms with Crippen LogP contribution in [0.5, 0.6) is 0 Å². The van der Waals surface area contributed by atoms with Gasteiger partial charge in [-0.1, -0.05) is 0 Å². The van der Waals surface area contributed by atoms with Crippen molar-refractivity contribution in [2.24, 2.45) is 17.8 Å². The van der Waals surface area contributed by atoms with Gasteiger partial charge in [0.15, 0.2) is 0 Å². The summed E-state index contributed by atoms with van der Waals surface area (Å²) in [5.74, 6) is 3.18. The minimum atomic E-state index is 0.546. The zero-order valence-corrected chi connectivity index (χ0v) is 11.8. The Hall–Kier alpha value is -0.340. The first kappa shape index (κ1) is 11.5. The Morgan fingerprint density at radius 2 is 1.78 bits per heavy atom. The topological polar surface area (TPSA) is 12.0 Å². The Morgan fingerprint density at radius 1 is 1.11 bits per heavy atom. The van der Waals surface area contributed by atoms with Crippen molar-refractivity contribution >= 4 is 11.3 Å². The molecule has 0 aromatic carbocycles. The molecule has 4 fully saturated rings. The molecular formula is C16H23NS. The molecule has 4 aliphatic rings. The second-order valence-corrected chi connectivity index (χ2v) is 7.79. The molecule has 0 spiro atoms. The van der Waals surface area contributed by atoms with Crippen molar-refractivity contribution in [3.63, 3.8) is 0 Å². The van der Waals surface area contributed by atoms with Crippen LogP contribution in [0.1, 0.15) is 44.1 Å². The number of hydrogen-bond donors (Lipinski definition) is 1. The number of nitrogens with one attached hydrogen (secondary N) is 1. The third kappa shape index (κ3) is 2.04. The SMILES string of the molecule is c1cc(CCNC23CC4CC(CC(C4)C2)C3)cs1. The summed E-state index contributed by atoms with van der Waals surface area (Å²) in [7, 11) is 0. The fourth-order valence-electron chi connectivity index (χ4n) is 5.23. The summed E-state index contributed by atoms with van der Waals surface area (Å²) in [6.45, 7) is 1.18. The fourth-order valence-corrected chi connectivity index (χ4v) is 5.94. The molecule has 1 aromatic heterocycles. The van der Waals surface area contributed by atoms with Crippen LogP contribution in [-0.4, -0.2) is 12.1 Å². The average molecular weight is 261 g/mol. The van der Waals surface area contributed by atoms with Crippen LogP contribution in [0.2, 0.25) is 0 Å². The molecular weight excluding hydrogens is 238 g/mol. The Kier molecular flexibility index (Phi) is 2.77. The highest BCUT2D eigenvalue weighted by atomic mass is 32.1. The van der Waals surface area contributed by atoms with E-state index in [1.54, 1.807) is 19.3 Å². The second kappa shape index (κ2) is 4.35. The van der Waals surface area contributed by atoms with Crippen molar-refractivity contribution in [2.45, 2.75) is 50.5 Å². The minimum absolute atomic E-state index is 0.546. The van der Waals surface area contributed by atoms with Gasteiger partial charge in [0.2, 0.25) is 0 Å². The summed E-state index contributed by atoms with van der Waals surface area (Å²) in [6, 6.07) is 2.27. The van der Waals surface area contributed by atoms with Gasteiger partial charge >= 0.3 is 0 Å². The van der Waals surface area contributed by atoms with Gasteiger partial charge in [-0.3, -0.25) is 0 Å². The fraction of sp³-hybridized carbons (Fsp3) is 0.750. The summed E-state index contributed by atoms with van der Waals surface area (Å²) < 4.78 is 0. The molecule has 0 saturated heterocycles. The van der Waals surface area contributed by atoms with Crippen molar-refractivity contribution in [1.82, 2.24) is 5.32 Å². The lowest BCUT2D eigenvalue weighted by molar-refractivity contribution is -0.0192. The van der Waals surface area contributed by atoms with Gasteiger partial charge in [-0.2, -0.15) is 11.3 Å². The molecule has 1 heterocycles. The third-order valence-electron chi connectivity index (χ3n) is 5.53. The number of rotatable bonds is 4. The molecule has 1 N–H and O–H groups in total. The van der Waals surface area contributed by atoms with E-state index in [0.29, 0.717) is 5.54 Å². The van der Waals surface area contributed by atoms with Crippen LogP contribution in [-0.2, 0) is 6.42 Å². The lowest BCUT2D eigenvalue weighted by Crippen LogP contribution is -2.58. The molecule has 0 radical (unpaired) electrons. The van der Waals surface area contributed by atoms with E-state index >= 15 is 0 Å². The molecule has 0 atom stereocenters. The van der Waals surface area contributed by atoms with E-state index in [4.69, 9.17) is 0 Å². The van der Waals surface area contributed by atoms with E-state index in [-0.39, 0.29) is 0 Å². The lowest BCUT2D eigenvalue weighted by Gasteiger charge is -2.57. The van der Waals surface area contributed by atoms with Gasteiger partial charge in [-0.15, -0.1) is 0 Å². The second-order valence-electron chi connectivity index (χ2n) is 7.01. The maximum Gasteiger partial charge on any atom is 0.0189 e. The van der Waals surface area contributed by atoms with Crippen molar-refractivity contribution in [2.75, 3.05) is 6.54 Å². The highest BCUT2D eigenvalue weighted by Crippen LogP contribution is 2.55. The summed E-state index contributed by atoms with van der Waals surface area (Å²) >= 11 is 1.82. The monoisotopic (exact) mass is 261 g/mol. The molecule has 1 nitrogen and oxygen atoms in total. The lowest BCUT2D eigenvalue weighted by atomic mass is 9.53. The van der Waals surface area contributed by atoms with Gasteiger partial charge in [0, 0.05) is 5.54 Å². The predicted molar refractivity (Wildman–Crippen MR) is 76.9 cm³/mol. The van der Waals surface area contributed by atoms with E-state index in [1.165, 1.54) is 37.8 Å². The Bertz CT molecular complexity index is 373. The van der Waals surface area contributed by atoms with Crippen LogP contribution in [0.15, 0.2) is 16.8 Å². The maximum atomic E-state index is 3.97. The molecule has 5 rings (SSSR count). The van der Waals surface area contributed by atoms with Crippen LogP contribution < -0.4 is 5.32 Å². The maximum absolute atomic E-state index is 3.97. The summed E-state index contributed by atoms with van der Waals surface area (Å²) in [5, 5.41) is 8.46. The summed E-state index contributed by atoms with van der Waals surface area (Å²) in [5.41, 5.74) is 2.06. The highest BCUT2D eigenvalue weighted by molar-refractivity contribution is 7.07. The van der Waals surface area contributed by atoms with Gasteiger partial charge < -0.3 is 5.32 Å². The Labute approximate surface area is 114 Å². The van der Waals surface area contributed by atoms with Crippen molar-refractivity contribution in [3.05, 3.63) is 22.4 Å². The van der Waals surface area contributed by atoms with Gasteiger partial charge in [0.05, 0.1) is 0 Å². The van der Waals surface area contributed by atoms with Crippen molar-refractivity contribution in [1.29, 1.82) is 0 Å². The van der Waals surface area contributed by atoms with E-state index in [0.717, 1.165) is 17.8 Å². The molecule has 2 heteroatoms. The van der Waals surface area contributed by atoms with Gasteiger partial charge in [0.1, 0.15) is 0 Å². The smallest absolute Gasteiger partial charge is 0.0189 e. The number of thiophene rings is 1. The quantitative estimate of drug-likeness (QED) is 0.868. The number of hydrogen-bond acceptors (Lipinski definition) is 2. The van der Waals surface area contributed by atoms with Crippen LogP contribution in [0.25, 0.3) is 0 Å². The molecule has 4 bridgehead atoms. The Morgan fingerprint density at radius 3 is 2.33 bits per heavy atom. The normalized spacial score (nSPS) is 41.4. The molecule has 98 valence electrons. The van der Waals surface area contributed by atoms with Crippen LogP contribution in [0.4, 0.5) is 0 Å². The third-order valence-corrected chi connectivity index (χ3v) is 6.26. The van der Waals surface area contributed by atoms with E-state index in [9.17, 15) is 0 Å². The van der Waals surface area contributed by atoms with Gasteiger partial charge in [-0.25, -0.2) is 0 Å². The van der Waals surface area contributed by atoms with E-state index in [2.05, 4.69) is 22.1 Å². The summed E-state index contributed by atoms with van der Waals surface area (Å²) in [4.78, 5) is 0. The van der Waals surface area contributed by atoms with Crippen LogP contribution in [0.3, 0.4) is 0 Å². The first-order chi connectivity index (χ1) is 8.81. The Balaban J connectivity index is 1.39. The van der Waals surface area contributed by atoms with Gasteiger partial charge in [0.25, 0.3) is 0 Å². The molecule has 4 aliphatic carbocycles. The zero-order chi connectivity index (χ0) is 12.0. The predicted octanol–water partition coefficient (Wildman–Crippen LogP) is 3.85. The minimum Gasteiger partial charge on any atom is -0.311 e. The molecule has 1 aromatic rings. The standard InChI is InChI=1S/C16H23NS/c1(12-2-4-18-11-12)3-17-16-8-13-5-14(9-16)7-15(6-13)10-16/h2,4,11,13-15,17H,1,3,5-10H2. The van der Waals surface area contributed by atoms with Crippen LogP contribution >= 0.6 is 11.3 Å². The van der Waals surface area contributed by atoms with E-state index in [1.807, 2.05) is 11.3 Å². The molecule has 0 amide bonds. The van der Waals surface area contributed by atoms with Gasteiger partial charge in [-0.05, 0) is 91.6 Å². The molecule has 0 unspecified atom stereocenters. The van der Waals surface area contributed by atoms with E-state index < -0.39 is 0 Å².